The van der Waals surface area contributed by atoms with E-state index in [0.717, 1.165) is 10.7 Å². The lowest BCUT2D eigenvalue weighted by atomic mass is 10.3. The van der Waals surface area contributed by atoms with Crippen molar-refractivity contribution in [3.63, 3.8) is 0 Å². The number of benzene rings is 1. The molecule has 136 valence electrons. The summed E-state index contributed by atoms with van der Waals surface area (Å²) >= 11 is 13.3. The van der Waals surface area contributed by atoms with Crippen molar-refractivity contribution >= 4 is 40.4 Å². The van der Waals surface area contributed by atoms with Crippen molar-refractivity contribution in [1.29, 1.82) is 0 Å². The Morgan fingerprint density at radius 1 is 1.31 bits per heavy atom. The van der Waals surface area contributed by atoms with Gasteiger partial charge in [-0.2, -0.15) is 0 Å². The van der Waals surface area contributed by atoms with Crippen LogP contribution < -0.4 is 10.1 Å². The number of aromatic nitrogens is 1. The fourth-order valence-corrected chi connectivity index (χ4v) is 3.45. The second-order valence-corrected chi connectivity index (χ2v) is 7.13. The van der Waals surface area contributed by atoms with Crippen LogP contribution in [0.4, 0.5) is 0 Å². The van der Waals surface area contributed by atoms with Crippen molar-refractivity contribution in [2.45, 2.75) is 12.8 Å². The van der Waals surface area contributed by atoms with Crippen molar-refractivity contribution in [3.8, 4) is 16.5 Å². The highest BCUT2D eigenvalue weighted by Gasteiger charge is 2.10. The molecule has 1 amide bonds. The molecule has 26 heavy (non-hydrogen) atoms. The molecule has 0 aliphatic heterocycles. The first-order valence-electron chi connectivity index (χ1n) is 7.94. The van der Waals surface area contributed by atoms with E-state index >= 15 is 0 Å². The highest BCUT2D eigenvalue weighted by Crippen LogP contribution is 2.27. The van der Waals surface area contributed by atoms with Gasteiger partial charge >= 0.3 is 0 Å². The molecule has 2 heterocycles. The predicted octanol–water partition coefficient (Wildman–Crippen LogP) is 4.84. The van der Waals surface area contributed by atoms with E-state index in [1.165, 1.54) is 11.3 Å². The maximum atomic E-state index is 12.0. The molecule has 3 aromatic rings. The Balaban J connectivity index is 1.37. The van der Waals surface area contributed by atoms with Gasteiger partial charge in [-0.15, -0.1) is 11.3 Å². The van der Waals surface area contributed by atoms with Gasteiger partial charge in [0.15, 0.2) is 10.8 Å². The number of ether oxygens (including phenoxy) is 1. The summed E-state index contributed by atoms with van der Waals surface area (Å²) in [7, 11) is 0. The Kier molecular flexibility index (Phi) is 6.55. The van der Waals surface area contributed by atoms with Gasteiger partial charge in [-0.1, -0.05) is 23.2 Å². The Labute approximate surface area is 164 Å². The number of hydrogen-bond acceptors (Lipinski definition) is 5. The first-order valence-corrected chi connectivity index (χ1v) is 9.58. The number of carbonyl (C=O) groups is 1. The SMILES string of the molecule is O=C(Cc1csc(-c2ccco2)n1)NCCCOc1ccc(Cl)cc1Cl. The van der Waals surface area contributed by atoms with Gasteiger partial charge in [0.1, 0.15) is 5.75 Å². The molecule has 5 nitrogen and oxygen atoms in total. The number of halogens is 2. The third-order valence-corrected chi connectivity index (χ3v) is 4.86. The van der Waals surface area contributed by atoms with Gasteiger partial charge in [-0.05, 0) is 36.8 Å². The second-order valence-electron chi connectivity index (χ2n) is 5.42. The van der Waals surface area contributed by atoms with E-state index in [2.05, 4.69) is 10.3 Å². The number of hydrogen-bond donors (Lipinski definition) is 1. The lowest BCUT2D eigenvalue weighted by Crippen LogP contribution is -2.27. The first kappa shape index (κ1) is 18.8. The number of amides is 1. The van der Waals surface area contributed by atoms with Gasteiger partial charge in [0.2, 0.25) is 5.91 Å². The number of nitrogens with zero attached hydrogens (tertiary/aromatic N) is 1. The van der Waals surface area contributed by atoms with Gasteiger partial charge in [0.05, 0.1) is 30.0 Å². The molecule has 0 atom stereocenters. The van der Waals surface area contributed by atoms with E-state index in [4.69, 9.17) is 32.4 Å². The molecule has 0 saturated heterocycles. The molecule has 0 aliphatic carbocycles. The Morgan fingerprint density at radius 3 is 2.96 bits per heavy atom. The zero-order chi connectivity index (χ0) is 18.4. The first-order chi connectivity index (χ1) is 12.6. The van der Waals surface area contributed by atoms with E-state index in [1.54, 1.807) is 24.5 Å². The maximum Gasteiger partial charge on any atom is 0.226 e. The minimum atomic E-state index is -0.0779. The van der Waals surface area contributed by atoms with E-state index < -0.39 is 0 Å². The fourth-order valence-electron chi connectivity index (χ4n) is 2.20. The van der Waals surface area contributed by atoms with Crippen LogP contribution in [0.1, 0.15) is 12.1 Å². The van der Waals surface area contributed by atoms with Crippen LogP contribution in [-0.2, 0) is 11.2 Å². The second kappa shape index (κ2) is 9.07. The number of rotatable bonds is 8. The molecule has 0 aliphatic rings. The van der Waals surface area contributed by atoms with Crippen LogP contribution in [0.2, 0.25) is 10.0 Å². The molecule has 0 spiro atoms. The summed E-state index contributed by atoms with van der Waals surface area (Å²) in [4.78, 5) is 16.4. The van der Waals surface area contributed by atoms with Crippen molar-refractivity contribution < 1.29 is 13.9 Å². The number of carbonyl (C=O) groups excluding carboxylic acids is 1. The Morgan fingerprint density at radius 2 is 2.19 bits per heavy atom. The van der Waals surface area contributed by atoms with Crippen LogP contribution in [0.25, 0.3) is 10.8 Å². The van der Waals surface area contributed by atoms with E-state index in [1.807, 2.05) is 17.5 Å². The molecule has 0 radical (unpaired) electrons. The van der Waals surface area contributed by atoms with E-state index in [9.17, 15) is 4.79 Å². The molecule has 8 heteroatoms. The fraction of sp³-hybridized carbons (Fsp3) is 0.222. The third-order valence-electron chi connectivity index (χ3n) is 3.42. The average molecular weight is 411 g/mol. The minimum Gasteiger partial charge on any atom is -0.492 e. The molecule has 0 unspecified atom stereocenters. The normalized spacial score (nSPS) is 10.7. The van der Waals surface area contributed by atoms with Crippen LogP contribution >= 0.6 is 34.5 Å². The quantitative estimate of drug-likeness (QED) is 0.539. The van der Waals surface area contributed by atoms with Gasteiger partial charge < -0.3 is 14.5 Å². The molecular weight excluding hydrogens is 395 g/mol. The van der Waals surface area contributed by atoms with Crippen molar-refractivity contribution in [1.82, 2.24) is 10.3 Å². The summed E-state index contributed by atoms with van der Waals surface area (Å²) in [6.45, 7) is 0.959. The molecule has 1 N–H and O–H groups in total. The average Bonchev–Trinajstić information content (AvgIpc) is 3.27. The van der Waals surface area contributed by atoms with E-state index in [0.29, 0.717) is 41.1 Å². The highest BCUT2D eigenvalue weighted by molar-refractivity contribution is 7.13. The number of furan rings is 1. The Hall–Kier alpha value is -2.02. The van der Waals surface area contributed by atoms with Crippen molar-refractivity contribution in [2.75, 3.05) is 13.2 Å². The monoisotopic (exact) mass is 410 g/mol. The molecule has 0 bridgehead atoms. The molecule has 0 saturated carbocycles. The van der Waals surface area contributed by atoms with Crippen molar-refractivity contribution in [3.05, 3.63) is 57.7 Å². The minimum absolute atomic E-state index is 0.0779. The van der Waals surface area contributed by atoms with Gasteiger partial charge in [-0.25, -0.2) is 4.98 Å². The zero-order valence-electron chi connectivity index (χ0n) is 13.7. The topological polar surface area (TPSA) is 64.4 Å². The summed E-state index contributed by atoms with van der Waals surface area (Å²) in [6, 6.07) is 8.72. The molecule has 0 fully saturated rings. The smallest absolute Gasteiger partial charge is 0.226 e. The molecule has 3 rings (SSSR count). The number of nitrogens with one attached hydrogen (secondary N) is 1. The molecule has 1 aromatic carbocycles. The summed E-state index contributed by atoms with van der Waals surface area (Å²) in [5.74, 6) is 1.21. The molecular formula is C18H16Cl2N2O3S. The van der Waals surface area contributed by atoms with Crippen LogP contribution in [0, 0.1) is 0 Å². The summed E-state index contributed by atoms with van der Waals surface area (Å²) in [5.41, 5.74) is 0.725. The van der Waals surface area contributed by atoms with Gasteiger partial charge in [0.25, 0.3) is 0 Å². The Bertz CT molecular complexity index is 865. The van der Waals surface area contributed by atoms with Crippen molar-refractivity contribution in [2.24, 2.45) is 0 Å². The summed E-state index contributed by atoms with van der Waals surface area (Å²) in [5, 5.41) is 6.52. The lowest BCUT2D eigenvalue weighted by Gasteiger charge is -2.08. The van der Waals surface area contributed by atoms with Crippen LogP contribution in [-0.4, -0.2) is 24.0 Å². The maximum absolute atomic E-state index is 12.0. The zero-order valence-corrected chi connectivity index (χ0v) is 16.0. The van der Waals surface area contributed by atoms with Crippen LogP contribution in [0.5, 0.6) is 5.75 Å². The van der Waals surface area contributed by atoms with E-state index in [-0.39, 0.29) is 12.3 Å². The number of thiazole rings is 1. The van der Waals surface area contributed by atoms with Crippen LogP contribution in [0.3, 0.4) is 0 Å². The standard InChI is InChI=1S/C18H16Cl2N2O3S/c19-12-4-5-15(14(20)9-12)24-8-2-6-21-17(23)10-13-11-26-18(22-13)16-3-1-7-25-16/h1,3-5,7,9,11H,2,6,8,10H2,(H,21,23). The largest absolute Gasteiger partial charge is 0.492 e. The summed E-state index contributed by atoms with van der Waals surface area (Å²) < 4.78 is 10.9. The van der Waals surface area contributed by atoms with Gasteiger partial charge in [0, 0.05) is 16.9 Å². The van der Waals surface area contributed by atoms with Gasteiger partial charge in [-0.3, -0.25) is 4.79 Å². The third kappa shape index (κ3) is 5.24. The predicted molar refractivity (Wildman–Crippen MR) is 103 cm³/mol. The lowest BCUT2D eigenvalue weighted by molar-refractivity contribution is -0.120. The molecule has 2 aromatic heterocycles. The van der Waals surface area contributed by atoms with Crippen LogP contribution in [0.15, 0.2) is 46.4 Å². The highest BCUT2D eigenvalue weighted by atomic mass is 35.5. The summed E-state index contributed by atoms with van der Waals surface area (Å²) in [6.07, 6.45) is 2.50.